The molecule has 1 atom stereocenters. The van der Waals surface area contributed by atoms with Crippen LogP contribution < -0.4 is 10.2 Å². The normalized spacial score (nSPS) is 18.7. The topological polar surface area (TPSA) is 88.1 Å². The number of aromatic nitrogens is 3. The number of nitrogens with zero attached hydrogens (tertiary/aromatic N) is 4. The molecule has 8 heteroatoms. The van der Waals surface area contributed by atoms with Crippen LogP contribution in [0.15, 0.2) is 18.3 Å². The summed E-state index contributed by atoms with van der Waals surface area (Å²) in [7, 11) is -2.95. The molecule has 1 unspecified atom stereocenters. The van der Waals surface area contributed by atoms with Crippen molar-refractivity contribution in [1.29, 1.82) is 0 Å². The summed E-state index contributed by atoms with van der Waals surface area (Å²) >= 11 is 0. The minimum absolute atomic E-state index is 0.0580. The number of rotatable bonds is 5. The van der Waals surface area contributed by atoms with E-state index in [0.29, 0.717) is 24.7 Å². The lowest BCUT2D eigenvalue weighted by atomic mass is 10.1. The number of sulfone groups is 1. The molecule has 0 amide bonds. The molecular weight excluding hydrogens is 350 g/mol. The Labute approximate surface area is 154 Å². The molecule has 0 radical (unpaired) electrons. The van der Waals surface area contributed by atoms with Crippen LogP contribution in [-0.2, 0) is 9.84 Å². The number of benzene rings is 1. The van der Waals surface area contributed by atoms with Gasteiger partial charge in [0.25, 0.3) is 0 Å². The highest BCUT2D eigenvalue weighted by Crippen LogP contribution is 2.26. The first-order valence-electron chi connectivity index (χ1n) is 8.80. The van der Waals surface area contributed by atoms with Gasteiger partial charge in [0.1, 0.15) is 0 Å². The second-order valence-electron chi connectivity index (χ2n) is 6.88. The lowest BCUT2D eigenvalue weighted by Gasteiger charge is -2.27. The van der Waals surface area contributed by atoms with E-state index in [9.17, 15) is 8.42 Å². The Kier molecular flexibility index (Phi) is 5.13. The molecule has 0 bridgehead atoms. The van der Waals surface area contributed by atoms with E-state index in [1.807, 2.05) is 25.7 Å². The van der Waals surface area contributed by atoms with Gasteiger partial charge < -0.3 is 10.2 Å². The van der Waals surface area contributed by atoms with E-state index < -0.39 is 9.84 Å². The van der Waals surface area contributed by atoms with Crippen LogP contribution in [0.2, 0.25) is 0 Å². The van der Waals surface area contributed by atoms with Gasteiger partial charge in [-0.1, -0.05) is 17.7 Å². The molecule has 1 aliphatic heterocycles. The second kappa shape index (κ2) is 7.19. The third kappa shape index (κ3) is 3.95. The van der Waals surface area contributed by atoms with Crippen LogP contribution in [0.25, 0.3) is 0 Å². The van der Waals surface area contributed by atoms with Gasteiger partial charge >= 0.3 is 0 Å². The Morgan fingerprint density at radius 3 is 2.50 bits per heavy atom. The van der Waals surface area contributed by atoms with Crippen LogP contribution in [-0.4, -0.2) is 47.7 Å². The Bertz CT molecular complexity index is 891. The summed E-state index contributed by atoms with van der Waals surface area (Å²) in [6.07, 6.45) is 2.22. The van der Waals surface area contributed by atoms with Crippen molar-refractivity contribution in [3.63, 3.8) is 0 Å². The molecule has 140 valence electrons. The molecule has 1 saturated heterocycles. The van der Waals surface area contributed by atoms with Crippen LogP contribution in [0, 0.1) is 20.8 Å². The van der Waals surface area contributed by atoms with E-state index in [-0.39, 0.29) is 17.5 Å². The SMILES string of the molecule is CCN(c1cnnc(Nc2c(C)cc(C)cc2C)n1)C1CCS(=O)(=O)C1. The Hall–Kier alpha value is -2.22. The summed E-state index contributed by atoms with van der Waals surface area (Å²) in [4.78, 5) is 6.58. The van der Waals surface area contributed by atoms with Crippen molar-refractivity contribution in [3.05, 3.63) is 35.0 Å². The smallest absolute Gasteiger partial charge is 0.249 e. The van der Waals surface area contributed by atoms with Crippen LogP contribution in [0.4, 0.5) is 17.5 Å². The first-order valence-corrected chi connectivity index (χ1v) is 10.6. The van der Waals surface area contributed by atoms with Crippen molar-refractivity contribution >= 4 is 27.3 Å². The molecule has 1 aromatic heterocycles. The van der Waals surface area contributed by atoms with E-state index >= 15 is 0 Å². The zero-order valence-corrected chi connectivity index (χ0v) is 16.5. The lowest BCUT2D eigenvalue weighted by Crippen LogP contribution is -2.37. The van der Waals surface area contributed by atoms with Crippen molar-refractivity contribution in [2.45, 2.75) is 40.2 Å². The van der Waals surface area contributed by atoms with Crippen LogP contribution >= 0.6 is 0 Å². The fourth-order valence-corrected chi connectivity index (χ4v) is 5.33. The van der Waals surface area contributed by atoms with Gasteiger partial charge in [-0.3, -0.25) is 0 Å². The van der Waals surface area contributed by atoms with E-state index in [1.54, 1.807) is 6.20 Å². The van der Waals surface area contributed by atoms with Crippen LogP contribution in [0.5, 0.6) is 0 Å². The molecule has 0 aliphatic carbocycles. The molecule has 0 spiro atoms. The van der Waals surface area contributed by atoms with Crippen molar-refractivity contribution in [2.24, 2.45) is 0 Å². The summed E-state index contributed by atoms with van der Waals surface area (Å²) in [5, 5.41) is 11.4. The minimum Gasteiger partial charge on any atom is -0.351 e. The highest BCUT2D eigenvalue weighted by Gasteiger charge is 2.32. The van der Waals surface area contributed by atoms with Crippen molar-refractivity contribution < 1.29 is 8.42 Å². The summed E-state index contributed by atoms with van der Waals surface area (Å²) in [6.45, 7) is 8.81. The number of nitrogens with one attached hydrogen (secondary N) is 1. The maximum Gasteiger partial charge on any atom is 0.249 e. The lowest BCUT2D eigenvalue weighted by molar-refractivity contribution is 0.599. The molecular formula is C18H25N5O2S. The fourth-order valence-electron chi connectivity index (χ4n) is 3.60. The van der Waals surface area contributed by atoms with Gasteiger partial charge in [-0.2, -0.15) is 10.1 Å². The number of aryl methyl sites for hydroxylation is 3. The molecule has 1 fully saturated rings. The summed E-state index contributed by atoms with van der Waals surface area (Å²) in [5.74, 6) is 1.47. The Morgan fingerprint density at radius 2 is 1.92 bits per heavy atom. The zero-order valence-electron chi connectivity index (χ0n) is 15.7. The predicted octanol–water partition coefficient (Wildman–Crippen LogP) is 2.55. The molecule has 1 aliphatic rings. The van der Waals surface area contributed by atoms with E-state index in [2.05, 4.69) is 39.6 Å². The molecule has 26 heavy (non-hydrogen) atoms. The molecule has 7 nitrogen and oxygen atoms in total. The molecule has 1 N–H and O–H groups in total. The average Bonchev–Trinajstić information content (AvgIpc) is 2.92. The van der Waals surface area contributed by atoms with Crippen LogP contribution in [0.3, 0.4) is 0 Å². The van der Waals surface area contributed by atoms with E-state index in [4.69, 9.17) is 0 Å². The molecule has 1 aromatic carbocycles. The average molecular weight is 375 g/mol. The Morgan fingerprint density at radius 1 is 1.23 bits per heavy atom. The van der Waals surface area contributed by atoms with Gasteiger partial charge in [-0.25, -0.2) is 8.42 Å². The monoisotopic (exact) mass is 375 g/mol. The molecule has 3 rings (SSSR count). The number of hydrogen-bond acceptors (Lipinski definition) is 7. The van der Waals surface area contributed by atoms with Gasteiger partial charge in [0.15, 0.2) is 15.7 Å². The van der Waals surface area contributed by atoms with Gasteiger partial charge in [-0.05, 0) is 45.2 Å². The maximum absolute atomic E-state index is 11.8. The second-order valence-corrected chi connectivity index (χ2v) is 9.11. The first kappa shape index (κ1) is 18.6. The van der Waals surface area contributed by atoms with Crippen molar-refractivity contribution in [3.8, 4) is 0 Å². The largest absolute Gasteiger partial charge is 0.351 e. The van der Waals surface area contributed by atoms with Crippen molar-refractivity contribution in [1.82, 2.24) is 15.2 Å². The molecule has 0 saturated carbocycles. The highest BCUT2D eigenvalue weighted by atomic mass is 32.2. The van der Waals surface area contributed by atoms with Gasteiger partial charge in [-0.15, -0.1) is 5.10 Å². The van der Waals surface area contributed by atoms with E-state index in [0.717, 1.165) is 16.8 Å². The maximum atomic E-state index is 11.8. The molecule has 2 heterocycles. The van der Waals surface area contributed by atoms with Gasteiger partial charge in [0, 0.05) is 18.3 Å². The van der Waals surface area contributed by atoms with E-state index in [1.165, 1.54) is 5.56 Å². The predicted molar refractivity (Wildman–Crippen MR) is 104 cm³/mol. The third-order valence-electron chi connectivity index (χ3n) is 4.74. The summed E-state index contributed by atoms with van der Waals surface area (Å²) < 4.78 is 23.6. The number of anilines is 3. The van der Waals surface area contributed by atoms with Gasteiger partial charge in [0.05, 0.1) is 17.7 Å². The number of hydrogen-bond donors (Lipinski definition) is 1. The Balaban J connectivity index is 1.86. The van der Waals surface area contributed by atoms with Crippen molar-refractivity contribution in [2.75, 3.05) is 28.3 Å². The minimum atomic E-state index is -2.95. The molecule has 2 aromatic rings. The summed E-state index contributed by atoms with van der Waals surface area (Å²) in [6, 6.07) is 4.15. The third-order valence-corrected chi connectivity index (χ3v) is 6.49. The quantitative estimate of drug-likeness (QED) is 0.859. The van der Waals surface area contributed by atoms with Crippen LogP contribution in [0.1, 0.15) is 30.0 Å². The highest BCUT2D eigenvalue weighted by molar-refractivity contribution is 7.91. The zero-order chi connectivity index (χ0) is 18.9. The first-order chi connectivity index (χ1) is 12.3. The fraction of sp³-hybridized carbons (Fsp3) is 0.500. The standard InChI is InChI=1S/C18H25N5O2S/c1-5-23(15-6-7-26(24,25)11-15)16-10-19-22-18(20-16)21-17-13(3)8-12(2)9-14(17)4/h8-10,15H,5-7,11H2,1-4H3,(H,20,21,22). The van der Waals surface area contributed by atoms with Gasteiger partial charge in [0.2, 0.25) is 5.95 Å². The summed E-state index contributed by atoms with van der Waals surface area (Å²) in [5.41, 5.74) is 4.41.